The fraction of sp³-hybridized carbons (Fsp3) is 0.513. The summed E-state index contributed by atoms with van der Waals surface area (Å²) in [5, 5.41) is 0. The molecule has 1 aliphatic rings. The number of esters is 1. The maximum absolute atomic E-state index is 11.0. The van der Waals surface area contributed by atoms with Gasteiger partial charge in [-0.3, -0.25) is 0 Å². The molecule has 0 saturated heterocycles. The monoisotopic (exact) mass is 620 g/mol. The Morgan fingerprint density at radius 1 is 0.689 bits per heavy atom. The van der Waals surface area contributed by atoms with E-state index in [1.54, 1.807) is 47.5 Å². The van der Waals surface area contributed by atoms with E-state index >= 15 is 0 Å². The number of fused-ring (bicyclic) bond motifs is 3. The molecule has 0 atom stereocenters. The summed E-state index contributed by atoms with van der Waals surface area (Å²) in [6.45, 7) is 14.1. The molecule has 6 nitrogen and oxygen atoms in total. The minimum atomic E-state index is -0.256. The van der Waals surface area contributed by atoms with Crippen LogP contribution in [-0.2, 0) is 29.1 Å². The third-order valence-electron chi connectivity index (χ3n) is 8.55. The molecule has 0 amide bonds. The number of methoxy groups -OCH3 is 4. The van der Waals surface area contributed by atoms with E-state index < -0.39 is 0 Å². The number of hydrogen-bond acceptors (Lipinski definition) is 6. The molecule has 0 aromatic heterocycles. The van der Waals surface area contributed by atoms with Crippen LogP contribution in [0.1, 0.15) is 68.9 Å². The first-order valence-corrected chi connectivity index (χ1v) is 16.0. The first-order valence-electron chi connectivity index (χ1n) is 16.0. The number of carbonyl (C=O) groups is 1. The molecule has 0 spiro atoms. The Bertz CT molecular complexity index is 1190. The topological polar surface area (TPSA) is 63.2 Å². The lowest BCUT2D eigenvalue weighted by atomic mass is 9.74. The smallest absolute Gasteiger partial charge is 0.338 e. The molecule has 3 aromatic rings. The Labute approximate surface area is 272 Å². The predicted octanol–water partition coefficient (Wildman–Crippen LogP) is 8.47. The van der Waals surface area contributed by atoms with Crippen molar-refractivity contribution < 1.29 is 28.5 Å². The summed E-state index contributed by atoms with van der Waals surface area (Å²) < 4.78 is 26.6. The lowest BCUT2D eigenvalue weighted by molar-refractivity contribution is -0.0290. The zero-order valence-electron chi connectivity index (χ0n) is 29.1. The zero-order chi connectivity index (χ0) is 33.3. The van der Waals surface area contributed by atoms with E-state index in [1.807, 2.05) is 18.2 Å². The summed E-state index contributed by atoms with van der Waals surface area (Å²) >= 11 is 0. The van der Waals surface area contributed by atoms with Gasteiger partial charge in [0.2, 0.25) is 0 Å². The normalized spacial score (nSPS) is 12.9. The number of benzene rings is 3. The highest BCUT2D eigenvalue weighted by Crippen LogP contribution is 2.49. The molecular formula is C39H56O6. The average molecular weight is 621 g/mol. The van der Waals surface area contributed by atoms with Crippen LogP contribution in [0.15, 0.2) is 78.9 Å². The minimum absolute atomic E-state index is 0.184. The van der Waals surface area contributed by atoms with Gasteiger partial charge >= 0.3 is 5.97 Å². The Morgan fingerprint density at radius 2 is 1.16 bits per heavy atom. The van der Waals surface area contributed by atoms with Crippen molar-refractivity contribution in [3.05, 3.63) is 95.6 Å². The molecule has 1 aliphatic carbocycles. The molecule has 0 unspecified atom stereocenters. The van der Waals surface area contributed by atoms with Crippen LogP contribution in [0.2, 0.25) is 0 Å². The van der Waals surface area contributed by atoms with E-state index in [9.17, 15) is 4.79 Å². The molecule has 0 heterocycles. The Morgan fingerprint density at radius 3 is 1.56 bits per heavy atom. The van der Waals surface area contributed by atoms with E-state index in [0.717, 1.165) is 19.1 Å². The lowest BCUT2D eigenvalue weighted by Crippen LogP contribution is -2.37. The second kappa shape index (κ2) is 19.5. The van der Waals surface area contributed by atoms with Gasteiger partial charge in [-0.15, -0.1) is 0 Å². The van der Waals surface area contributed by atoms with Crippen molar-refractivity contribution in [1.29, 1.82) is 0 Å². The van der Waals surface area contributed by atoms with Crippen molar-refractivity contribution in [3.63, 3.8) is 0 Å². The van der Waals surface area contributed by atoms with Crippen LogP contribution in [0.25, 0.3) is 11.1 Å². The molecule has 4 rings (SSSR count). The number of rotatable bonds is 14. The predicted molar refractivity (Wildman–Crippen MR) is 184 cm³/mol. The Balaban J connectivity index is 0.000000245. The summed E-state index contributed by atoms with van der Waals surface area (Å²) in [5.41, 5.74) is 5.82. The highest BCUT2D eigenvalue weighted by molar-refractivity contribution is 5.89. The summed E-state index contributed by atoms with van der Waals surface area (Å²) in [6, 6.07) is 26.0. The molecule has 3 aromatic carbocycles. The van der Waals surface area contributed by atoms with Crippen molar-refractivity contribution in [2.75, 3.05) is 61.5 Å². The van der Waals surface area contributed by atoms with E-state index in [-0.39, 0.29) is 16.8 Å². The van der Waals surface area contributed by atoms with E-state index in [2.05, 4.69) is 76.2 Å². The summed E-state index contributed by atoms with van der Waals surface area (Å²) in [7, 11) is 7.06. The fourth-order valence-corrected chi connectivity index (χ4v) is 6.01. The summed E-state index contributed by atoms with van der Waals surface area (Å²) in [5.74, 6) is 1.08. The molecule has 0 saturated carbocycles. The second-order valence-corrected chi connectivity index (χ2v) is 12.4. The van der Waals surface area contributed by atoms with Crippen molar-refractivity contribution in [2.45, 2.75) is 52.9 Å². The molecule has 0 fully saturated rings. The van der Waals surface area contributed by atoms with Crippen LogP contribution < -0.4 is 0 Å². The van der Waals surface area contributed by atoms with Crippen LogP contribution in [0.5, 0.6) is 0 Å². The largest absolute Gasteiger partial charge is 0.462 e. The highest BCUT2D eigenvalue weighted by atomic mass is 16.5. The van der Waals surface area contributed by atoms with Gasteiger partial charge < -0.3 is 23.7 Å². The zero-order valence-corrected chi connectivity index (χ0v) is 29.1. The first kappa shape index (κ1) is 38.2. The molecule has 248 valence electrons. The van der Waals surface area contributed by atoms with Crippen LogP contribution in [-0.4, -0.2) is 67.4 Å². The van der Waals surface area contributed by atoms with Crippen LogP contribution in [0.4, 0.5) is 0 Å². The summed E-state index contributed by atoms with van der Waals surface area (Å²) in [6.07, 6.45) is 2.43. The van der Waals surface area contributed by atoms with E-state index in [0.29, 0.717) is 31.3 Å². The quantitative estimate of drug-likeness (QED) is 0.169. The maximum Gasteiger partial charge on any atom is 0.338 e. The molecule has 0 aliphatic heterocycles. The van der Waals surface area contributed by atoms with Crippen LogP contribution >= 0.6 is 0 Å². The third-order valence-corrected chi connectivity index (χ3v) is 8.55. The standard InChI is InChI=1S/C17H18O2.C13H28O2.C9H10O2/c1-18-11-17(12-19-2)15-9-5-3-7-13(15)14-8-4-6-10-16(14)17;1-11(2)7-8-13(9-14-5,10-15-6)12(3)4;1-2-11-9(10)8-6-4-3-5-7-8/h3-10H,11-12H2,1-2H3;11-12H,7-10H2,1-6H3;3-7H,2H2,1H3. The molecule has 0 N–H and O–H groups in total. The van der Waals surface area contributed by atoms with Gasteiger partial charge in [-0.25, -0.2) is 4.79 Å². The van der Waals surface area contributed by atoms with Crippen LogP contribution in [0.3, 0.4) is 0 Å². The minimum Gasteiger partial charge on any atom is -0.462 e. The number of carbonyl (C=O) groups excluding carboxylic acids is 1. The summed E-state index contributed by atoms with van der Waals surface area (Å²) in [4.78, 5) is 11.0. The molecule has 6 heteroatoms. The third kappa shape index (κ3) is 10.2. The van der Waals surface area contributed by atoms with Gasteiger partial charge in [0.25, 0.3) is 0 Å². The van der Waals surface area contributed by atoms with Crippen molar-refractivity contribution in [1.82, 2.24) is 0 Å². The van der Waals surface area contributed by atoms with Gasteiger partial charge in [-0.2, -0.15) is 0 Å². The number of ether oxygens (including phenoxy) is 5. The molecule has 45 heavy (non-hydrogen) atoms. The van der Waals surface area contributed by atoms with Crippen molar-refractivity contribution in [2.24, 2.45) is 17.3 Å². The lowest BCUT2D eigenvalue weighted by Gasteiger charge is -2.37. The molecule has 0 radical (unpaired) electrons. The highest BCUT2D eigenvalue weighted by Gasteiger charge is 2.43. The Kier molecular flexibility index (Phi) is 16.5. The van der Waals surface area contributed by atoms with Gasteiger partial charge in [0.1, 0.15) is 0 Å². The maximum atomic E-state index is 11.0. The fourth-order valence-electron chi connectivity index (χ4n) is 6.01. The second-order valence-electron chi connectivity index (χ2n) is 12.4. The van der Waals surface area contributed by atoms with Gasteiger partial charge in [0.05, 0.1) is 44.0 Å². The van der Waals surface area contributed by atoms with Gasteiger partial charge in [0, 0.05) is 33.9 Å². The van der Waals surface area contributed by atoms with E-state index in [4.69, 9.17) is 23.7 Å². The van der Waals surface area contributed by atoms with Crippen molar-refractivity contribution in [3.8, 4) is 11.1 Å². The van der Waals surface area contributed by atoms with E-state index in [1.165, 1.54) is 35.1 Å². The van der Waals surface area contributed by atoms with Crippen molar-refractivity contribution >= 4 is 5.97 Å². The molecular weight excluding hydrogens is 564 g/mol. The van der Waals surface area contributed by atoms with Crippen LogP contribution in [0, 0.1) is 17.3 Å². The molecule has 0 bridgehead atoms. The first-order chi connectivity index (χ1) is 21.7. The van der Waals surface area contributed by atoms with Gasteiger partial charge in [-0.05, 0) is 59.6 Å². The SMILES string of the molecule is CCOC(=O)c1ccccc1.COCC(CCC(C)C)(COC)C(C)C.COCC1(COC)c2ccccc2-c2ccccc21. The Hall–Kier alpha value is -3.03. The average Bonchev–Trinajstić information content (AvgIpc) is 3.31. The van der Waals surface area contributed by atoms with Gasteiger partial charge in [-0.1, -0.05) is 101 Å². The van der Waals surface area contributed by atoms with Gasteiger partial charge in [0.15, 0.2) is 0 Å². The number of hydrogen-bond donors (Lipinski definition) is 0.